The smallest absolute Gasteiger partial charge is 0.331 e. The summed E-state index contributed by atoms with van der Waals surface area (Å²) in [5.41, 5.74) is 0. The molecule has 80 valence electrons. The molecule has 5 nitrogen and oxygen atoms in total. The van der Waals surface area contributed by atoms with Crippen LogP contribution in [-0.4, -0.2) is 40.5 Å². The highest BCUT2D eigenvalue weighted by atomic mass is 28.2. The van der Waals surface area contributed by atoms with Crippen LogP contribution in [0, 0.1) is 0 Å². The van der Waals surface area contributed by atoms with Crippen LogP contribution >= 0.6 is 0 Å². The lowest BCUT2D eigenvalue weighted by molar-refractivity contribution is -0.138. The van der Waals surface area contributed by atoms with Crippen LogP contribution in [0.2, 0.25) is 6.04 Å². The van der Waals surface area contributed by atoms with E-state index in [0.29, 0.717) is 6.61 Å². The number of hydrogen-bond acceptors (Lipinski definition) is 4. The van der Waals surface area contributed by atoms with Crippen LogP contribution in [0.4, 0.5) is 0 Å². The normalized spacial score (nSPS) is 11.2. The second kappa shape index (κ2) is 8.45. The Morgan fingerprint density at radius 3 is 2.71 bits per heavy atom. The fourth-order valence-corrected chi connectivity index (χ4v) is 1.41. The molecule has 0 fully saturated rings. The maximum Gasteiger partial charge on any atom is 0.331 e. The van der Waals surface area contributed by atoms with Gasteiger partial charge in [0.1, 0.15) is 0 Å². The van der Waals surface area contributed by atoms with Crippen molar-refractivity contribution in [3.8, 4) is 0 Å². The standard InChI is InChI=1S/C8H14O5Si/c1-12-14-6-2-5-13-8(11)4-3-7(9)10/h3-4H,2,5-6,14H2,1H3,(H,9,10)/b4-3-. The van der Waals surface area contributed by atoms with Gasteiger partial charge in [-0.15, -0.1) is 0 Å². The SMILES string of the molecule is CO[SiH2]CCCOC(=O)/C=C\C(=O)O. The third-order valence-electron chi connectivity index (χ3n) is 1.35. The van der Waals surface area contributed by atoms with Crippen LogP contribution in [0.3, 0.4) is 0 Å². The Bertz CT molecular complexity index is 214. The molecular weight excluding hydrogens is 204 g/mol. The van der Waals surface area contributed by atoms with Gasteiger partial charge < -0.3 is 14.3 Å². The van der Waals surface area contributed by atoms with E-state index in [1.165, 1.54) is 0 Å². The molecule has 0 aliphatic carbocycles. The molecule has 0 rings (SSSR count). The zero-order chi connectivity index (χ0) is 10.8. The zero-order valence-corrected chi connectivity index (χ0v) is 9.48. The average molecular weight is 218 g/mol. The van der Waals surface area contributed by atoms with E-state index in [1.54, 1.807) is 7.11 Å². The summed E-state index contributed by atoms with van der Waals surface area (Å²) in [6, 6.07) is 0.951. The van der Waals surface area contributed by atoms with Crippen molar-refractivity contribution in [3.05, 3.63) is 12.2 Å². The molecule has 0 heterocycles. The van der Waals surface area contributed by atoms with Crippen molar-refractivity contribution in [1.29, 1.82) is 0 Å². The third-order valence-corrected chi connectivity index (χ3v) is 2.55. The van der Waals surface area contributed by atoms with Gasteiger partial charge in [0.2, 0.25) is 0 Å². The summed E-state index contributed by atoms with van der Waals surface area (Å²) in [7, 11) is 1.21. The van der Waals surface area contributed by atoms with Crippen molar-refractivity contribution in [2.24, 2.45) is 0 Å². The van der Waals surface area contributed by atoms with Gasteiger partial charge in [0.05, 0.1) is 6.61 Å². The number of carbonyl (C=O) groups excluding carboxylic acids is 1. The Hall–Kier alpha value is -1.14. The lowest BCUT2D eigenvalue weighted by atomic mass is 10.5. The van der Waals surface area contributed by atoms with Crippen LogP contribution in [0.15, 0.2) is 12.2 Å². The molecule has 0 bridgehead atoms. The van der Waals surface area contributed by atoms with Crippen LogP contribution in [0.25, 0.3) is 0 Å². The summed E-state index contributed by atoms with van der Waals surface area (Å²) < 4.78 is 9.65. The molecular formula is C8H14O5Si. The van der Waals surface area contributed by atoms with E-state index in [2.05, 4.69) is 0 Å². The number of ether oxygens (including phenoxy) is 1. The second-order valence-corrected chi connectivity index (χ2v) is 4.23. The molecule has 0 aromatic heterocycles. The Morgan fingerprint density at radius 2 is 2.14 bits per heavy atom. The minimum atomic E-state index is -1.16. The van der Waals surface area contributed by atoms with E-state index in [1.807, 2.05) is 0 Å². The van der Waals surface area contributed by atoms with Gasteiger partial charge in [-0.2, -0.15) is 0 Å². The molecule has 0 spiro atoms. The van der Waals surface area contributed by atoms with E-state index in [0.717, 1.165) is 24.6 Å². The molecule has 0 aliphatic heterocycles. The van der Waals surface area contributed by atoms with Crippen LogP contribution in [0.1, 0.15) is 6.42 Å². The van der Waals surface area contributed by atoms with Gasteiger partial charge >= 0.3 is 11.9 Å². The van der Waals surface area contributed by atoms with Crippen molar-refractivity contribution < 1.29 is 23.9 Å². The van der Waals surface area contributed by atoms with E-state index in [9.17, 15) is 9.59 Å². The van der Waals surface area contributed by atoms with Crippen molar-refractivity contribution in [1.82, 2.24) is 0 Å². The van der Waals surface area contributed by atoms with Gasteiger partial charge in [-0.3, -0.25) is 0 Å². The first-order valence-corrected chi connectivity index (χ1v) is 5.81. The van der Waals surface area contributed by atoms with Crippen molar-refractivity contribution >= 4 is 21.7 Å². The number of rotatable bonds is 7. The van der Waals surface area contributed by atoms with Crippen LogP contribution in [-0.2, 0) is 18.8 Å². The van der Waals surface area contributed by atoms with E-state index in [4.69, 9.17) is 14.3 Å². The van der Waals surface area contributed by atoms with E-state index >= 15 is 0 Å². The maximum absolute atomic E-state index is 10.8. The summed E-state index contributed by atoms with van der Waals surface area (Å²) in [5.74, 6) is -1.78. The van der Waals surface area contributed by atoms with Gasteiger partial charge in [-0.1, -0.05) is 0 Å². The van der Waals surface area contributed by atoms with E-state index < -0.39 is 21.7 Å². The first-order chi connectivity index (χ1) is 6.66. The van der Waals surface area contributed by atoms with Gasteiger partial charge in [0, 0.05) is 19.3 Å². The molecule has 0 aliphatic rings. The predicted octanol–water partition coefficient (Wildman–Crippen LogP) is -0.291. The maximum atomic E-state index is 10.8. The van der Waals surface area contributed by atoms with E-state index in [-0.39, 0.29) is 0 Å². The monoisotopic (exact) mass is 218 g/mol. The third kappa shape index (κ3) is 8.95. The molecule has 0 aromatic rings. The number of carboxylic acids is 1. The zero-order valence-electron chi connectivity index (χ0n) is 8.06. The number of hydrogen-bond donors (Lipinski definition) is 1. The Morgan fingerprint density at radius 1 is 1.43 bits per heavy atom. The molecule has 0 saturated heterocycles. The molecule has 0 atom stereocenters. The highest BCUT2D eigenvalue weighted by Crippen LogP contribution is 1.91. The van der Waals surface area contributed by atoms with Gasteiger partial charge in [0.25, 0.3) is 0 Å². The number of esters is 1. The molecule has 14 heavy (non-hydrogen) atoms. The molecule has 0 radical (unpaired) electrons. The Labute approximate surface area is 84.6 Å². The number of carbonyl (C=O) groups is 2. The van der Waals surface area contributed by atoms with Gasteiger partial charge in [-0.05, 0) is 12.5 Å². The summed E-state index contributed by atoms with van der Waals surface area (Å²) >= 11 is 0. The molecule has 0 amide bonds. The quantitative estimate of drug-likeness (QED) is 0.275. The number of carboxylic acid groups (broad SMARTS) is 1. The fraction of sp³-hybridized carbons (Fsp3) is 0.500. The Kier molecular flexibility index (Phi) is 7.76. The lowest BCUT2D eigenvalue weighted by Gasteiger charge is -2.00. The summed E-state index contributed by atoms with van der Waals surface area (Å²) in [4.78, 5) is 20.8. The Balaban J connectivity index is 3.40. The van der Waals surface area contributed by atoms with Crippen molar-refractivity contribution in [3.63, 3.8) is 0 Å². The van der Waals surface area contributed by atoms with Gasteiger partial charge in [0.15, 0.2) is 9.76 Å². The highest BCUT2D eigenvalue weighted by molar-refractivity contribution is 6.26. The summed E-state index contributed by atoms with van der Waals surface area (Å²) in [6.07, 6.45) is 2.43. The van der Waals surface area contributed by atoms with Gasteiger partial charge in [-0.25, -0.2) is 9.59 Å². The first-order valence-electron chi connectivity index (χ1n) is 4.23. The van der Waals surface area contributed by atoms with Crippen molar-refractivity contribution in [2.75, 3.05) is 13.7 Å². The largest absolute Gasteiger partial charge is 0.478 e. The molecule has 0 unspecified atom stereocenters. The first kappa shape index (κ1) is 12.9. The lowest BCUT2D eigenvalue weighted by Crippen LogP contribution is -2.04. The highest BCUT2D eigenvalue weighted by Gasteiger charge is 1.97. The molecule has 0 saturated carbocycles. The average Bonchev–Trinajstić information content (AvgIpc) is 2.14. The molecule has 1 N–H and O–H groups in total. The summed E-state index contributed by atoms with van der Waals surface area (Å²) in [5, 5.41) is 8.20. The second-order valence-electron chi connectivity index (χ2n) is 2.54. The van der Waals surface area contributed by atoms with Crippen LogP contribution < -0.4 is 0 Å². The van der Waals surface area contributed by atoms with Crippen molar-refractivity contribution in [2.45, 2.75) is 12.5 Å². The predicted molar refractivity (Wildman–Crippen MR) is 52.7 cm³/mol. The topological polar surface area (TPSA) is 72.8 Å². The number of aliphatic carboxylic acids is 1. The summed E-state index contributed by atoms with van der Waals surface area (Å²) in [6.45, 7) is 0.319. The van der Waals surface area contributed by atoms with Crippen LogP contribution in [0.5, 0.6) is 0 Å². The minimum absolute atomic E-state index is 0.319. The molecule has 0 aromatic carbocycles. The molecule has 6 heteroatoms. The minimum Gasteiger partial charge on any atom is -0.478 e. The fourth-order valence-electron chi connectivity index (χ4n) is 0.709.